The lowest BCUT2D eigenvalue weighted by molar-refractivity contribution is 0.0738. The van der Waals surface area contributed by atoms with Crippen LogP contribution in [0.1, 0.15) is 26.5 Å². The number of hydrogen-bond acceptors (Lipinski definition) is 8. The SMILES string of the molecule is COCCN(C)C(=O)c1cnc(Nc2snc(C)c2C(=O)Nc2ccc(F)c(F)c2)cn1. The molecule has 32 heavy (non-hydrogen) atoms. The van der Waals surface area contributed by atoms with Crippen molar-refractivity contribution >= 4 is 39.9 Å². The highest BCUT2D eigenvalue weighted by molar-refractivity contribution is 7.10. The van der Waals surface area contributed by atoms with Gasteiger partial charge >= 0.3 is 0 Å². The largest absolute Gasteiger partial charge is 0.383 e. The van der Waals surface area contributed by atoms with E-state index in [1.807, 2.05) is 0 Å². The summed E-state index contributed by atoms with van der Waals surface area (Å²) in [5.74, 6) is -2.64. The highest BCUT2D eigenvalue weighted by Crippen LogP contribution is 2.28. The molecule has 0 aliphatic rings. The molecule has 0 atom stereocenters. The number of methoxy groups -OCH3 is 1. The molecule has 3 rings (SSSR count). The first-order chi connectivity index (χ1) is 15.3. The quantitative estimate of drug-likeness (QED) is 0.529. The number of halogens is 2. The number of carbonyl (C=O) groups is 2. The fraction of sp³-hybridized carbons (Fsp3) is 0.250. The summed E-state index contributed by atoms with van der Waals surface area (Å²) in [4.78, 5) is 34.8. The molecule has 0 aliphatic carbocycles. The van der Waals surface area contributed by atoms with Gasteiger partial charge in [0.05, 0.1) is 30.3 Å². The Labute approximate surface area is 186 Å². The van der Waals surface area contributed by atoms with Gasteiger partial charge in [0.15, 0.2) is 11.6 Å². The Bertz CT molecular complexity index is 1120. The first kappa shape index (κ1) is 23.2. The summed E-state index contributed by atoms with van der Waals surface area (Å²) in [5, 5.41) is 5.85. The van der Waals surface area contributed by atoms with Crippen molar-refractivity contribution in [3.63, 3.8) is 0 Å². The molecule has 1 aromatic carbocycles. The second kappa shape index (κ2) is 10.2. The summed E-state index contributed by atoms with van der Waals surface area (Å²) in [7, 11) is 3.18. The van der Waals surface area contributed by atoms with Gasteiger partial charge in [-0.15, -0.1) is 0 Å². The number of likely N-dealkylation sites (N-methyl/N-ethyl adjacent to an activating group) is 1. The van der Waals surface area contributed by atoms with Gasteiger partial charge in [0, 0.05) is 32.5 Å². The topological polar surface area (TPSA) is 109 Å². The Hall–Kier alpha value is -3.51. The third-order valence-electron chi connectivity index (χ3n) is 4.36. The predicted octanol–water partition coefficient (Wildman–Crippen LogP) is 3.23. The number of nitrogens with zero attached hydrogens (tertiary/aromatic N) is 4. The first-order valence-electron chi connectivity index (χ1n) is 9.36. The van der Waals surface area contributed by atoms with Crippen molar-refractivity contribution in [2.75, 3.05) is 37.9 Å². The Kier molecular flexibility index (Phi) is 7.38. The number of hydrogen-bond donors (Lipinski definition) is 2. The standard InChI is InChI=1S/C20H20F2N6O3S/c1-11-17(18(29)25-12-4-5-13(21)14(22)8-12)19(32-27-11)26-16-10-23-15(9-24-16)20(30)28(2)6-7-31-3/h4-5,8-10H,6-7H2,1-3H3,(H,24,26)(H,25,29). The molecule has 0 radical (unpaired) electrons. The zero-order valence-corrected chi connectivity index (χ0v) is 18.3. The number of aryl methyl sites for hydroxylation is 1. The van der Waals surface area contributed by atoms with Gasteiger partial charge in [-0.2, -0.15) is 4.37 Å². The van der Waals surface area contributed by atoms with Crippen LogP contribution in [0.4, 0.5) is 25.3 Å². The van der Waals surface area contributed by atoms with E-state index in [0.717, 1.165) is 23.7 Å². The molecule has 2 heterocycles. The Morgan fingerprint density at radius 2 is 1.97 bits per heavy atom. The number of rotatable bonds is 8. The number of carbonyl (C=O) groups excluding carboxylic acids is 2. The van der Waals surface area contributed by atoms with Crippen LogP contribution in [-0.4, -0.2) is 58.4 Å². The smallest absolute Gasteiger partial charge is 0.273 e. The van der Waals surface area contributed by atoms with E-state index in [4.69, 9.17) is 4.74 Å². The molecule has 0 spiro atoms. The first-order valence-corrected chi connectivity index (χ1v) is 10.1. The monoisotopic (exact) mass is 462 g/mol. The highest BCUT2D eigenvalue weighted by atomic mass is 32.1. The van der Waals surface area contributed by atoms with Gasteiger partial charge in [0.2, 0.25) is 0 Å². The lowest BCUT2D eigenvalue weighted by Crippen LogP contribution is -2.30. The van der Waals surface area contributed by atoms with Crippen LogP contribution in [0.25, 0.3) is 0 Å². The molecule has 0 aliphatic heterocycles. The van der Waals surface area contributed by atoms with E-state index in [1.54, 1.807) is 21.1 Å². The van der Waals surface area contributed by atoms with E-state index in [0.29, 0.717) is 29.7 Å². The molecule has 12 heteroatoms. The summed E-state index contributed by atoms with van der Waals surface area (Å²) in [6.45, 7) is 2.45. The summed E-state index contributed by atoms with van der Waals surface area (Å²) in [6, 6.07) is 3.07. The zero-order valence-electron chi connectivity index (χ0n) is 17.5. The van der Waals surface area contributed by atoms with Crippen LogP contribution in [-0.2, 0) is 4.74 Å². The summed E-state index contributed by atoms with van der Waals surface area (Å²) >= 11 is 1.03. The van der Waals surface area contributed by atoms with Crippen molar-refractivity contribution in [1.29, 1.82) is 0 Å². The average Bonchev–Trinajstić information content (AvgIpc) is 3.14. The number of benzene rings is 1. The minimum absolute atomic E-state index is 0.102. The fourth-order valence-corrected chi connectivity index (χ4v) is 3.44. The Morgan fingerprint density at radius 3 is 2.62 bits per heavy atom. The van der Waals surface area contributed by atoms with Gasteiger partial charge in [-0.05, 0) is 30.6 Å². The van der Waals surface area contributed by atoms with Gasteiger partial charge < -0.3 is 20.3 Å². The summed E-state index contributed by atoms with van der Waals surface area (Å²) in [6.07, 6.45) is 2.69. The van der Waals surface area contributed by atoms with E-state index in [9.17, 15) is 18.4 Å². The number of amides is 2. The van der Waals surface area contributed by atoms with Crippen molar-refractivity contribution in [2.24, 2.45) is 0 Å². The second-order valence-corrected chi connectivity index (χ2v) is 7.46. The molecular formula is C20H20F2N6O3S. The van der Waals surface area contributed by atoms with Crippen LogP contribution in [0, 0.1) is 18.6 Å². The lowest BCUT2D eigenvalue weighted by Gasteiger charge is -2.15. The number of aromatic nitrogens is 3. The Balaban J connectivity index is 1.73. The van der Waals surface area contributed by atoms with Crippen LogP contribution >= 0.6 is 11.5 Å². The van der Waals surface area contributed by atoms with E-state index in [2.05, 4.69) is 25.0 Å². The van der Waals surface area contributed by atoms with E-state index in [1.165, 1.54) is 23.4 Å². The predicted molar refractivity (Wildman–Crippen MR) is 115 cm³/mol. The summed E-state index contributed by atoms with van der Waals surface area (Å²) < 4.78 is 35.7. The molecule has 9 nitrogen and oxygen atoms in total. The van der Waals surface area contributed by atoms with Crippen molar-refractivity contribution < 1.29 is 23.1 Å². The molecule has 0 bridgehead atoms. The maximum atomic E-state index is 13.4. The minimum atomic E-state index is -1.07. The summed E-state index contributed by atoms with van der Waals surface area (Å²) in [5.41, 5.74) is 0.926. The third-order valence-corrected chi connectivity index (χ3v) is 5.21. The molecule has 0 fully saturated rings. The molecular weight excluding hydrogens is 442 g/mol. The third kappa shape index (κ3) is 5.39. The molecule has 2 N–H and O–H groups in total. The van der Waals surface area contributed by atoms with Gasteiger partial charge in [0.25, 0.3) is 11.8 Å². The Morgan fingerprint density at radius 1 is 1.19 bits per heavy atom. The fourth-order valence-electron chi connectivity index (χ4n) is 2.63. The number of nitrogens with one attached hydrogen (secondary N) is 2. The highest BCUT2D eigenvalue weighted by Gasteiger charge is 2.20. The van der Waals surface area contributed by atoms with Gasteiger partial charge in [-0.3, -0.25) is 9.59 Å². The van der Waals surface area contributed by atoms with Crippen LogP contribution in [0.5, 0.6) is 0 Å². The lowest BCUT2D eigenvalue weighted by atomic mass is 10.2. The van der Waals surface area contributed by atoms with Gasteiger partial charge in [0.1, 0.15) is 16.5 Å². The van der Waals surface area contributed by atoms with Gasteiger partial charge in [-0.1, -0.05) is 0 Å². The van der Waals surface area contributed by atoms with E-state index >= 15 is 0 Å². The number of anilines is 3. The van der Waals surface area contributed by atoms with Crippen molar-refractivity contribution in [2.45, 2.75) is 6.92 Å². The van der Waals surface area contributed by atoms with Crippen LogP contribution in [0.15, 0.2) is 30.6 Å². The van der Waals surface area contributed by atoms with Crippen molar-refractivity contribution in [3.8, 4) is 0 Å². The minimum Gasteiger partial charge on any atom is -0.383 e. The van der Waals surface area contributed by atoms with E-state index in [-0.39, 0.29) is 22.9 Å². The number of ether oxygens (including phenoxy) is 1. The molecule has 0 unspecified atom stereocenters. The van der Waals surface area contributed by atoms with E-state index < -0.39 is 17.5 Å². The maximum absolute atomic E-state index is 13.4. The van der Waals surface area contributed by atoms with Crippen LogP contribution in [0.3, 0.4) is 0 Å². The van der Waals surface area contributed by atoms with Gasteiger partial charge in [-0.25, -0.2) is 18.7 Å². The maximum Gasteiger partial charge on any atom is 0.273 e. The molecule has 0 saturated carbocycles. The molecule has 168 valence electrons. The van der Waals surface area contributed by atoms with Crippen LogP contribution in [0.2, 0.25) is 0 Å². The molecule has 2 aromatic heterocycles. The zero-order chi connectivity index (χ0) is 23.3. The normalized spacial score (nSPS) is 10.7. The van der Waals surface area contributed by atoms with Crippen LogP contribution < -0.4 is 10.6 Å². The van der Waals surface area contributed by atoms with Crippen molar-refractivity contribution in [3.05, 3.63) is 59.2 Å². The molecule has 0 saturated heterocycles. The average molecular weight is 462 g/mol. The second-order valence-electron chi connectivity index (χ2n) is 6.69. The molecule has 3 aromatic rings. The van der Waals surface area contributed by atoms with Crippen molar-refractivity contribution in [1.82, 2.24) is 19.2 Å². The molecule has 2 amide bonds.